The molecule has 5 nitrogen and oxygen atoms in total. The van der Waals surface area contributed by atoms with E-state index in [-0.39, 0.29) is 12.4 Å². The van der Waals surface area contributed by atoms with Crippen molar-refractivity contribution < 1.29 is 9.13 Å². The molecule has 0 atom stereocenters. The highest BCUT2D eigenvalue weighted by atomic mass is 19.1. The fraction of sp³-hybridized carbons (Fsp3) is 0.167. The lowest BCUT2D eigenvalue weighted by Gasteiger charge is -2.08. The maximum atomic E-state index is 12.9. The highest BCUT2D eigenvalue weighted by Gasteiger charge is 2.03. The second-order valence-corrected chi connectivity index (χ2v) is 3.74. The van der Waals surface area contributed by atoms with Gasteiger partial charge >= 0.3 is 0 Å². The molecule has 3 N–H and O–H groups in total. The Balaban J connectivity index is 2.02. The van der Waals surface area contributed by atoms with E-state index in [1.165, 1.54) is 18.3 Å². The number of nitrogens with two attached hydrogens (primary N) is 1. The van der Waals surface area contributed by atoms with E-state index < -0.39 is 0 Å². The van der Waals surface area contributed by atoms with Crippen LogP contribution in [0.2, 0.25) is 0 Å². The number of aromatic nitrogens is 2. The average Bonchev–Trinajstić information content (AvgIpc) is 2.38. The Morgan fingerprint density at radius 3 is 2.78 bits per heavy atom. The third-order valence-electron chi connectivity index (χ3n) is 2.37. The third-order valence-corrected chi connectivity index (χ3v) is 2.37. The van der Waals surface area contributed by atoms with E-state index in [9.17, 15) is 4.39 Å². The molecule has 0 saturated heterocycles. The highest BCUT2D eigenvalue weighted by molar-refractivity contribution is 5.33. The molecule has 94 valence electrons. The molecule has 0 aliphatic rings. The number of anilines is 1. The van der Waals surface area contributed by atoms with E-state index >= 15 is 0 Å². The molecule has 1 aromatic carbocycles. The standard InChI is InChI=1S/C12H13FN4O/c1-8-4-9(13)2-3-11(8)18-7-10-5-16-12(17-14)6-15-10/h2-6H,7,14H2,1H3,(H,16,17). The fourth-order valence-electron chi connectivity index (χ4n) is 1.43. The van der Waals surface area contributed by atoms with Crippen LogP contribution in [0.25, 0.3) is 0 Å². The Kier molecular flexibility index (Phi) is 3.69. The van der Waals surface area contributed by atoms with Crippen LogP contribution in [0.3, 0.4) is 0 Å². The van der Waals surface area contributed by atoms with Crippen LogP contribution in [0.5, 0.6) is 5.75 Å². The molecule has 0 fully saturated rings. The number of nitrogens with one attached hydrogen (secondary N) is 1. The minimum absolute atomic E-state index is 0.268. The van der Waals surface area contributed by atoms with Gasteiger partial charge in [-0.3, -0.25) is 4.98 Å². The van der Waals surface area contributed by atoms with Crippen molar-refractivity contribution in [2.45, 2.75) is 13.5 Å². The van der Waals surface area contributed by atoms with Crippen molar-refractivity contribution in [3.63, 3.8) is 0 Å². The number of ether oxygens (including phenoxy) is 1. The van der Waals surface area contributed by atoms with Crippen molar-refractivity contribution in [2.24, 2.45) is 5.84 Å². The molecule has 2 rings (SSSR count). The van der Waals surface area contributed by atoms with E-state index in [4.69, 9.17) is 10.6 Å². The van der Waals surface area contributed by atoms with Gasteiger partial charge in [-0.15, -0.1) is 0 Å². The first-order valence-electron chi connectivity index (χ1n) is 5.35. The minimum Gasteiger partial charge on any atom is -0.487 e. The number of aryl methyl sites for hydroxylation is 1. The van der Waals surface area contributed by atoms with Crippen molar-refractivity contribution in [1.29, 1.82) is 0 Å². The molecule has 2 aromatic rings. The van der Waals surface area contributed by atoms with E-state index in [2.05, 4.69) is 15.4 Å². The van der Waals surface area contributed by atoms with Gasteiger partial charge in [-0.1, -0.05) is 0 Å². The molecule has 0 bridgehead atoms. The van der Waals surface area contributed by atoms with E-state index in [0.717, 1.165) is 5.56 Å². The van der Waals surface area contributed by atoms with Gasteiger partial charge in [0.1, 0.15) is 18.2 Å². The highest BCUT2D eigenvalue weighted by Crippen LogP contribution is 2.19. The van der Waals surface area contributed by atoms with Crippen LogP contribution in [-0.2, 0) is 6.61 Å². The lowest BCUT2D eigenvalue weighted by Crippen LogP contribution is -2.09. The first kappa shape index (κ1) is 12.3. The Morgan fingerprint density at radius 1 is 1.33 bits per heavy atom. The molecule has 0 radical (unpaired) electrons. The zero-order valence-corrected chi connectivity index (χ0v) is 9.85. The van der Waals surface area contributed by atoms with E-state index in [1.54, 1.807) is 19.2 Å². The van der Waals surface area contributed by atoms with Crippen molar-refractivity contribution in [3.8, 4) is 5.75 Å². The zero-order chi connectivity index (χ0) is 13.0. The molecule has 18 heavy (non-hydrogen) atoms. The van der Waals surface area contributed by atoms with E-state index in [0.29, 0.717) is 17.3 Å². The molecule has 0 spiro atoms. The molecule has 1 heterocycles. The third kappa shape index (κ3) is 2.92. The van der Waals surface area contributed by atoms with Crippen molar-refractivity contribution >= 4 is 5.82 Å². The van der Waals surface area contributed by atoms with Crippen LogP contribution >= 0.6 is 0 Å². The normalized spacial score (nSPS) is 10.2. The molecule has 6 heteroatoms. The zero-order valence-electron chi connectivity index (χ0n) is 9.85. The first-order chi connectivity index (χ1) is 8.69. The number of hydrogen-bond donors (Lipinski definition) is 2. The van der Waals surface area contributed by atoms with Gasteiger partial charge in [0.2, 0.25) is 0 Å². The van der Waals surface area contributed by atoms with Gasteiger partial charge in [0.25, 0.3) is 0 Å². The largest absolute Gasteiger partial charge is 0.487 e. The van der Waals surface area contributed by atoms with Crippen LogP contribution in [0.15, 0.2) is 30.6 Å². The molecule has 0 unspecified atom stereocenters. The number of halogens is 1. The van der Waals surface area contributed by atoms with Gasteiger partial charge in [0.05, 0.1) is 18.1 Å². The Bertz CT molecular complexity index is 530. The van der Waals surface area contributed by atoms with Crippen LogP contribution in [0.1, 0.15) is 11.3 Å². The Hall–Kier alpha value is -2.21. The quantitative estimate of drug-likeness (QED) is 0.637. The summed E-state index contributed by atoms with van der Waals surface area (Å²) < 4.78 is 18.4. The predicted molar refractivity (Wildman–Crippen MR) is 65.3 cm³/mol. The average molecular weight is 248 g/mol. The molecular weight excluding hydrogens is 235 g/mol. The molecule has 0 aliphatic carbocycles. The van der Waals surface area contributed by atoms with Gasteiger partial charge in [-0.25, -0.2) is 15.2 Å². The molecule has 0 aliphatic heterocycles. The number of hydrogen-bond acceptors (Lipinski definition) is 5. The topological polar surface area (TPSA) is 73.1 Å². The second kappa shape index (κ2) is 5.42. The van der Waals surface area contributed by atoms with Crippen molar-refractivity contribution in [2.75, 3.05) is 5.43 Å². The monoisotopic (exact) mass is 248 g/mol. The summed E-state index contributed by atoms with van der Waals surface area (Å²) in [5.74, 6) is 6.01. The van der Waals surface area contributed by atoms with Gasteiger partial charge in [0.15, 0.2) is 5.82 Å². The number of nitrogens with zero attached hydrogens (tertiary/aromatic N) is 2. The minimum atomic E-state index is -0.280. The molecular formula is C12H13FN4O. The lowest BCUT2D eigenvalue weighted by atomic mass is 10.2. The molecule has 0 amide bonds. The van der Waals surface area contributed by atoms with Gasteiger partial charge in [-0.2, -0.15) is 0 Å². The Morgan fingerprint density at radius 2 is 2.17 bits per heavy atom. The summed E-state index contributed by atoms with van der Waals surface area (Å²) in [6, 6.07) is 4.37. The summed E-state index contributed by atoms with van der Waals surface area (Å²) in [4.78, 5) is 8.12. The van der Waals surface area contributed by atoms with Gasteiger partial charge < -0.3 is 10.2 Å². The maximum Gasteiger partial charge on any atom is 0.158 e. The van der Waals surface area contributed by atoms with Gasteiger partial charge in [0, 0.05) is 0 Å². The number of nitrogen functional groups attached to an aromatic ring is 1. The number of hydrazine groups is 1. The second-order valence-electron chi connectivity index (χ2n) is 3.74. The summed E-state index contributed by atoms with van der Waals surface area (Å²) >= 11 is 0. The van der Waals surface area contributed by atoms with Crippen LogP contribution < -0.4 is 16.0 Å². The number of benzene rings is 1. The van der Waals surface area contributed by atoms with Crippen molar-refractivity contribution in [1.82, 2.24) is 9.97 Å². The summed E-state index contributed by atoms with van der Waals surface area (Å²) in [6.07, 6.45) is 3.07. The predicted octanol–water partition coefficient (Wildman–Crippen LogP) is 1.79. The smallest absolute Gasteiger partial charge is 0.158 e. The van der Waals surface area contributed by atoms with Gasteiger partial charge in [-0.05, 0) is 30.7 Å². The van der Waals surface area contributed by atoms with Crippen molar-refractivity contribution in [3.05, 3.63) is 47.7 Å². The van der Waals surface area contributed by atoms with Crippen LogP contribution in [0.4, 0.5) is 10.2 Å². The van der Waals surface area contributed by atoms with Crippen LogP contribution in [0, 0.1) is 12.7 Å². The fourth-order valence-corrected chi connectivity index (χ4v) is 1.43. The summed E-state index contributed by atoms with van der Waals surface area (Å²) in [5, 5.41) is 0. The van der Waals surface area contributed by atoms with E-state index in [1.807, 2.05) is 0 Å². The molecule has 0 saturated carbocycles. The van der Waals surface area contributed by atoms with Crippen LogP contribution in [-0.4, -0.2) is 9.97 Å². The SMILES string of the molecule is Cc1cc(F)ccc1OCc1cnc(NN)cn1. The lowest BCUT2D eigenvalue weighted by molar-refractivity contribution is 0.298. The maximum absolute atomic E-state index is 12.9. The summed E-state index contributed by atoms with van der Waals surface area (Å²) in [6.45, 7) is 2.05. The summed E-state index contributed by atoms with van der Waals surface area (Å²) in [7, 11) is 0. The molecule has 1 aromatic heterocycles. The number of rotatable bonds is 4. The first-order valence-corrected chi connectivity index (χ1v) is 5.35. The Labute approximate surface area is 104 Å². The summed E-state index contributed by atoms with van der Waals surface area (Å²) in [5.41, 5.74) is 3.79.